The molecule has 3 aliphatic rings. The van der Waals surface area contributed by atoms with Gasteiger partial charge < -0.3 is 15.4 Å². The first kappa shape index (κ1) is 15.3. The van der Waals surface area contributed by atoms with Crippen molar-refractivity contribution in [3.8, 4) is 0 Å². The summed E-state index contributed by atoms with van der Waals surface area (Å²) < 4.78 is 5.89. The lowest BCUT2D eigenvalue weighted by Gasteiger charge is -2.45. The Morgan fingerprint density at radius 1 is 1.19 bits per heavy atom. The molecule has 1 saturated heterocycles. The minimum atomic E-state index is 0.122. The third-order valence-corrected chi connectivity index (χ3v) is 5.87. The first-order valence-electron chi connectivity index (χ1n) is 8.84. The molecule has 0 radical (unpaired) electrons. The van der Waals surface area contributed by atoms with Gasteiger partial charge in [0, 0.05) is 18.5 Å². The zero-order valence-corrected chi connectivity index (χ0v) is 13.3. The molecule has 3 rings (SSSR count). The molecule has 0 aromatic rings. The summed E-state index contributed by atoms with van der Waals surface area (Å²) in [4.78, 5) is 15.1. The van der Waals surface area contributed by atoms with Crippen LogP contribution >= 0.6 is 0 Å². The molecule has 0 spiro atoms. The van der Waals surface area contributed by atoms with E-state index in [2.05, 4.69) is 11.8 Å². The summed E-state index contributed by atoms with van der Waals surface area (Å²) in [6.45, 7) is 3.62. The van der Waals surface area contributed by atoms with Crippen LogP contribution in [-0.2, 0) is 9.53 Å². The van der Waals surface area contributed by atoms with Crippen molar-refractivity contribution in [1.82, 2.24) is 4.90 Å². The fourth-order valence-electron chi connectivity index (χ4n) is 4.55. The van der Waals surface area contributed by atoms with Gasteiger partial charge in [0.05, 0.1) is 18.8 Å². The number of ether oxygens (including phenoxy) is 1. The van der Waals surface area contributed by atoms with Gasteiger partial charge in [0.1, 0.15) is 0 Å². The first-order chi connectivity index (χ1) is 10.2. The van der Waals surface area contributed by atoms with Gasteiger partial charge in [0.15, 0.2) is 0 Å². The van der Waals surface area contributed by atoms with Gasteiger partial charge >= 0.3 is 0 Å². The van der Waals surface area contributed by atoms with E-state index >= 15 is 0 Å². The van der Waals surface area contributed by atoms with Crippen LogP contribution in [0.25, 0.3) is 0 Å². The molecule has 4 nitrogen and oxygen atoms in total. The van der Waals surface area contributed by atoms with E-state index in [4.69, 9.17) is 10.5 Å². The summed E-state index contributed by atoms with van der Waals surface area (Å²) in [6.07, 6.45) is 9.50. The highest BCUT2D eigenvalue weighted by Crippen LogP contribution is 2.34. The number of amides is 1. The zero-order chi connectivity index (χ0) is 14.8. The normalized spacial score (nSPS) is 38.7. The number of fused-ring (bicyclic) bond motifs is 1. The summed E-state index contributed by atoms with van der Waals surface area (Å²) in [5, 5.41) is 0. The molecule has 0 bridgehead atoms. The standard InChI is InChI=1S/C17H30N2O2/c1-12(13-5-4-6-14(18)11-13)17(20)19-9-10-21-16-8-3-2-7-15(16)19/h12-16H,2-11,18H2,1H3. The van der Waals surface area contributed by atoms with Gasteiger partial charge in [-0.25, -0.2) is 0 Å². The van der Waals surface area contributed by atoms with Crippen LogP contribution in [0, 0.1) is 11.8 Å². The quantitative estimate of drug-likeness (QED) is 0.850. The first-order valence-corrected chi connectivity index (χ1v) is 8.84. The maximum absolute atomic E-state index is 13.0. The molecule has 5 atom stereocenters. The van der Waals surface area contributed by atoms with Crippen molar-refractivity contribution in [2.75, 3.05) is 13.2 Å². The maximum Gasteiger partial charge on any atom is 0.226 e. The molecule has 0 aromatic heterocycles. The van der Waals surface area contributed by atoms with Crippen LogP contribution in [0.5, 0.6) is 0 Å². The topological polar surface area (TPSA) is 55.6 Å². The molecule has 120 valence electrons. The largest absolute Gasteiger partial charge is 0.374 e. The summed E-state index contributed by atoms with van der Waals surface area (Å²) in [6, 6.07) is 0.630. The Balaban J connectivity index is 1.65. The molecule has 1 amide bonds. The van der Waals surface area contributed by atoms with Gasteiger partial charge in [0.2, 0.25) is 5.91 Å². The molecule has 3 fully saturated rings. The Morgan fingerprint density at radius 2 is 2.00 bits per heavy atom. The number of hydrogen-bond donors (Lipinski definition) is 1. The second-order valence-electron chi connectivity index (χ2n) is 7.27. The Hall–Kier alpha value is -0.610. The number of nitrogens with two attached hydrogens (primary N) is 1. The van der Waals surface area contributed by atoms with Gasteiger partial charge in [-0.15, -0.1) is 0 Å². The predicted octanol–water partition coefficient (Wildman–Crippen LogP) is 2.31. The molecule has 1 heterocycles. The van der Waals surface area contributed by atoms with Crippen LogP contribution in [-0.4, -0.2) is 42.1 Å². The van der Waals surface area contributed by atoms with E-state index in [9.17, 15) is 4.79 Å². The lowest BCUT2D eigenvalue weighted by molar-refractivity contribution is -0.155. The third kappa shape index (κ3) is 3.26. The average Bonchev–Trinajstić information content (AvgIpc) is 2.53. The van der Waals surface area contributed by atoms with Crippen LogP contribution in [0.3, 0.4) is 0 Å². The van der Waals surface area contributed by atoms with Gasteiger partial charge in [-0.1, -0.05) is 26.2 Å². The molecule has 2 N–H and O–H groups in total. The van der Waals surface area contributed by atoms with Crippen molar-refractivity contribution in [1.29, 1.82) is 0 Å². The molecular formula is C17H30N2O2. The van der Waals surface area contributed by atoms with Crippen molar-refractivity contribution in [2.45, 2.75) is 76.5 Å². The molecule has 1 aliphatic heterocycles. The summed E-state index contributed by atoms with van der Waals surface area (Å²) >= 11 is 0. The van der Waals surface area contributed by atoms with Crippen molar-refractivity contribution in [3.05, 3.63) is 0 Å². The fraction of sp³-hybridized carbons (Fsp3) is 0.941. The second-order valence-corrected chi connectivity index (χ2v) is 7.27. The summed E-state index contributed by atoms with van der Waals surface area (Å²) in [5.74, 6) is 0.956. The Kier molecular flexibility index (Phi) is 4.85. The number of carbonyl (C=O) groups is 1. The number of carbonyl (C=O) groups excluding carboxylic acids is 1. The van der Waals surface area contributed by atoms with Gasteiger partial charge in [0.25, 0.3) is 0 Å². The van der Waals surface area contributed by atoms with Crippen LogP contribution in [0.15, 0.2) is 0 Å². The molecule has 2 aliphatic carbocycles. The van der Waals surface area contributed by atoms with E-state index in [1.807, 2.05) is 0 Å². The molecule has 4 heteroatoms. The van der Waals surface area contributed by atoms with Gasteiger partial charge in [-0.3, -0.25) is 4.79 Å². The minimum Gasteiger partial charge on any atom is -0.374 e. The number of nitrogens with zero attached hydrogens (tertiary/aromatic N) is 1. The Morgan fingerprint density at radius 3 is 2.81 bits per heavy atom. The fourth-order valence-corrected chi connectivity index (χ4v) is 4.55. The second kappa shape index (κ2) is 6.66. The van der Waals surface area contributed by atoms with Crippen molar-refractivity contribution in [2.24, 2.45) is 17.6 Å². The van der Waals surface area contributed by atoms with Gasteiger partial charge in [-0.05, 0) is 38.0 Å². The van der Waals surface area contributed by atoms with E-state index in [1.165, 1.54) is 25.7 Å². The van der Waals surface area contributed by atoms with E-state index in [0.29, 0.717) is 30.5 Å². The highest BCUT2D eigenvalue weighted by Gasteiger charge is 2.39. The molecular weight excluding hydrogens is 264 g/mol. The predicted molar refractivity (Wildman–Crippen MR) is 82.8 cm³/mol. The van der Waals surface area contributed by atoms with E-state index in [-0.39, 0.29) is 12.0 Å². The SMILES string of the molecule is CC(C(=O)N1CCOC2CCCCC21)C1CCCC(N)C1. The highest BCUT2D eigenvalue weighted by atomic mass is 16.5. The molecule has 21 heavy (non-hydrogen) atoms. The summed E-state index contributed by atoms with van der Waals surface area (Å²) in [5.41, 5.74) is 6.10. The third-order valence-electron chi connectivity index (χ3n) is 5.87. The molecule has 5 unspecified atom stereocenters. The van der Waals surface area contributed by atoms with Crippen molar-refractivity contribution >= 4 is 5.91 Å². The monoisotopic (exact) mass is 294 g/mol. The lowest BCUT2D eigenvalue weighted by Crippen LogP contribution is -2.56. The van der Waals surface area contributed by atoms with Crippen LogP contribution < -0.4 is 5.73 Å². The minimum absolute atomic E-state index is 0.122. The van der Waals surface area contributed by atoms with Gasteiger partial charge in [-0.2, -0.15) is 0 Å². The Labute approximate surface area is 128 Å². The highest BCUT2D eigenvalue weighted by molar-refractivity contribution is 5.79. The zero-order valence-electron chi connectivity index (χ0n) is 13.3. The Bertz CT molecular complexity index is 372. The van der Waals surface area contributed by atoms with Crippen LogP contribution in [0.1, 0.15) is 58.3 Å². The smallest absolute Gasteiger partial charge is 0.226 e. The maximum atomic E-state index is 13.0. The summed E-state index contributed by atoms with van der Waals surface area (Å²) in [7, 11) is 0. The molecule has 2 saturated carbocycles. The van der Waals surface area contributed by atoms with Crippen molar-refractivity contribution < 1.29 is 9.53 Å². The van der Waals surface area contributed by atoms with E-state index in [0.717, 1.165) is 32.2 Å². The lowest BCUT2D eigenvalue weighted by atomic mass is 9.77. The van der Waals surface area contributed by atoms with E-state index in [1.54, 1.807) is 0 Å². The number of rotatable bonds is 2. The number of morpholine rings is 1. The van der Waals surface area contributed by atoms with Crippen LogP contribution in [0.4, 0.5) is 0 Å². The van der Waals surface area contributed by atoms with E-state index < -0.39 is 0 Å². The number of hydrogen-bond acceptors (Lipinski definition) is 3. The van der Waals surface area contributed by atoms with Crippen LogP contribution in [0.2, 0.25) is 0 Å². The van der Waals surface area contributed by atoms with Crippen molar-refractivity contribution in [3.63, 3.8) is 0 Å². The molecule has 0 aromatic carbocycles. The average molecular weight is 294 g/mol.